The number of carbonyl (C=O) groups excluding carboxylic acids is 2. The van der Waals surface area contributed by atoms with E-state index in [0.717, 1.165) is 11.4 Å². The molecule has 2 amide bonds. The van der Waals surface area contributed by atoms with Crippen molar-refractivity contribution in [2.24, 2.45) is 5.92 Å². The second kappa shape index (κ2) is 9.46. The fourth-order valence-electron chi connectivity index (χ4n) is 2.27. The zero-order chi connectivity index (χ0) is 18.9. The summed E-state index contributed by atoms with van der Waals surface area (Å²) in [6.07, 6.45) is 0. The van der Waals surface area contributed by atoms with Gasteiger partial charge in [0, 0.05) is 12.2 Å². The van der Waals surface area contributed by atoms with Gasteiger partial charge < -0.3 is 20.7 Å². The van der Waals surface area contributed by atoms with Crippen molar-refractivity contribution in [2.75, 3.05) is 30.8 Å². The van der Waals surface area contributed by atoms with Crippen molar-refractivity contribution in [3.63, 3.8) is 0 Å². The van der Waals surface area contributed by atoms with Crippen molar-refractivity contribution in [3.05, 3.63) is 54.1 Å². The zero-order valence-electron chi connectivity index (χ0n) is 15.3. The SMILES string of the molecule is COc1ccc(NCC(=O)Nc2ccccc2C(=O)NCC(C)C)cc1. The molecule has 26 heavy (non-hydrogen) atoms. The molecule has 0 atom stereocenters. The van der Waals surface area contributed by atoms with Gasteiger partial charge >= 0.3 is 0 Å². The van der Waals surface area contributed by atoms with Gasteiger partial charge in [0.05, 0.1) is 24.9 Å². The highest BCUT2D eigenvalue weighted by Gasteiger charge is 2.13. The molecule has 0 aliphatic rings. The molecule has 0 radical (unpaired) electrons. The summed E-state index contributed by atoms with van der Waals surface area (Å²) in [6, 6.07) is 14.3. The number of ether oxygens (including phenoxy) is 1. The second-order valence-corrected chi connectivity index (χ2v) is 6.28. The van der Waals surface area contributed by atoms with Crippen LogP contribution in [-0.4, -0.2) is 32.0 Å². The molecule has 0 unspecified atom stereocenters. The van der Waals surface area contributed by atoms with Crippen LogP contribution in [-0.2, 0) is 4.79 Å². The van der Waals surface area contributed by atoms with Gasteiger partial charge in [-0.25, -0.2) is 0 Å². The molecule has 0 spiro atoms. The van der Waals surface area contributed by atoms with Crippen LogP contribution in [0, 0.1) is 5.92 Å². The number of nitrogens with one attached hydrogen (secondary N) is 3. The van der Waals surface area contributed by atoms with E-state index < -0.39 is 0 Å². The number of methoxy groups -OCH3 is 1. The normalized spacial score (nSPS) is 10.3. The number of hydrogen-bond donors (Lipinski definition) is 3. The minimum absolute atomic E-state index is 0.0915. The van der Waals surface area contributed by atoms with Gasteiger partial charge in [-0.1, -0.05) is 26.0 Å². The highest BCUT2D eigenvalue weighted by atomic mass is 16.5. The summed E-state index contributed by atoms with van der Waals surface area (Å²) in [6.45, 7) is 4.73. The van der Waals surface area contributed by atoms with Crippen LogP contribution in [0.5, 0.6) is 5.75 Å². The summed E-state index contributed by atoms with van der Waals surface area (Å²) in [5.41, 5.74) is 1.75. The van der Waals surface area contributed by atoms with Gasteiger partial charge in [0.1, 0.15) is 5.75 Å². The molecule has 2 aromatic rings. The molecular weight excluding hydrogens is 330 g/mol. The molecule has 3 N–H and O–H groups in total. The first-order valence-electron chi connectivity index (χ1n) is 8.54. The molecule has 0 heterocycles. The maximum atomic E-state index is 12.3. The zero-order valence-corrected chi connectivity index (χ0v) is 15.3. The van der Waals surface area contributed by atoms with E-state index in [2.05, 4.69) is 16.0 Å². The Morgan fingerprint density at radius 1 is 1.04 bits per heavy atom. The topological polar surface area (TPSA) is 79.5 Å². The first kappa shape index (κ1) is 19.3. The summed E-state index contributed by atoms with van der Waals surface area (Å²) >= 11 is 0. The second-order valence-electron chi connectivity index (χ2n) is 6.28. The summed E-state index contributed by atoms with van der Waals surface area (Å²) in [5, 5.41) is 8.68. The van der Waals surface area contributed by atoms with Crippen molar-refractivity contribution in [2.45, 2.75) is 13.8 Å². The lowest BCUT2D eigenvalue weighted by atomic mass is 10.1. The summed E-state index contributed by atoms with van der Waals surface area (Å²) in [7, 11) is 1.60. The van der Waals surface area contributed by atoms with E-state index >= 15 is 0 Å². The molecule has 6 heteroatoms. The molecular formula is C20H25N3O3. The van der Waals surface area contributed by atoms with E-state index in [1.54, 1.807) is 31.4 Å². The monoisotopic (exact) mass is 355 g/mol. The standard InChI is InChI=1S/C20H25N3O3/c1-14(2)12-22-20(25)17-6-4-5-7-18(17)23-19(24)13-21-15-8-10-16(26-3)11-9-15/h4-11,14,21H,12-13H2,1-3H3,(H,22,25)(H,23,24). The summed E-state index contributed by atoms with van der Waals surface area (Å²) in [5.74, 6) is 0.679. The van der Waals surface area contributed by atoms with E-state index in [9.17, 15) is 9.59 Å². The van der Waals surface area contributed by atoms with Crippen molar-refractivity contribution in [3.8, 4) is 5.75 Å². The van der Waals surface area contributed by atoms with Crippen molar-refractivity contribution in [1.29, 1.82) is 0 Å². The molecule has 0 aliphatic heterocycles. The fraction of sp³-hybridized carbons (Fsp3) is 0.300. The van der Waals surface area contributed by atoms with E-state index in [1.165, 1.54) is 0 Å². The predicted octanol–water partition coefficient (Wildman–Crippen LogP) is 3.13. The Kier molecular flexibility index (Phi) is 7.02. The largest absolute Gasteiger partial charge is 0.497 e. The third kappa shape index (κ3) is 5.81. The Bertz CT molecular complexity index is 742. The quantitative estimate of drug-likeness (QED) is 0.680. The number of amides is 2. The molecule has 0 bridgehead atoms. The minimum Gasteiger partial charge on any atom is -0.497 e. The van der Waals surface area contributed by atoms with Crippen molar-refractivity contribution >= 4 is 23.2 Å². The van der Waals surface area contributed by atoms with E-state index in [4.69, 9.17) is 4.74 Å². The van der Waals surface area contributed by atoms with E-state index in [-0.39, 0.29) is 18.4 Å². The van der Waals surface area contributed by atoms with Crippen LogP contribution in [0.3, 0.4) is 0 Å². The first-order chi connectivity index (χ1) is 12.5. The smallest absolute Gasteiger partial charge is 0.253 e. The predicted molar refractivity (Wildman–Crippen MR) is 104 cm³/mol. The van der Waals surface area contributed by atoms with Crippen LogP contribution in [0.1, 0.15) is 24.2 Å². The molecule has 138 valence electrons. The molecule has 0 saturated carbocycles. The summed E-state index contributed by atoms with van der Waals surface area (Å²) in [4.78, 5) is 24.5. The average molecular weight is 355 g/mol. The lowest BCUT2D eigenvalue weighted by Gasteiger charge is -2.13. The third-order valence-electron chi connectivity index (χ3n) is 3.66. The van der Waals surface area contributed by atoms with Gasteiger partial charge in [-0.2, -0.15) is 0 Å². The van der Waals surface area contributed by atoms with Crippen molar-refractivity contribution in [1.82, 2.24) is 5.32 Å². The van der Waals surface area contributed by atoms with Crippen LogP contribution in [0.15, 0.2) is 48.5 Å². The van der Waals surface area contributed by atoms with Crippen LogP contribution in [0.25, 0.3) is 0 Å². The number of anilines is 2. The molecule has 2 aromatic carbocycles. The number of rotatable bonds is 8. The van der Waals surface area contributed by atoms with E-state index in [0.29, 0.717) is 23.7 Å². The lowest BCUT2D eigenvalue weighted by molar-refractivity contribution is -0.114. The fourth-order valence-corrected chi connectivity index (χ4v) is 2.27. The molecule has 0 aromatic heterocycles. The molecule has 0 fully saturated rings. The maximum Gasteiger partial charge on any atom is 0.253 e. The van der Waals surface area contributed by atoms with Crippen molar-refractivity contribution < 1.29 is 14.3 Å². The third-order valence-corrected chi connectivity index (χ3v) is 3.66. The highest BCUT2D eigenvalue weighted by molar-refractivity contribution is 6.04. The molecule has 0 aliphatic carbocycles. The van der Waals surface area contributed by atoms with E-state index in [1.807, 2.05) is 38.1 Å². The van der Waals surface area contributed by atoms with Gasteiger partial charge in [0.2, 0.25) is 5.91 Å². The van der Waals surface area contributed by atoms with Crippen LogP contribution < -0.4 is 20.7 Å². The van der Waals surface area contributed by atoms with Crippen LogP contribution >= 0.6 is 0 Å². The Balaban J connectivity index is 1.94. The Labute approximate surface area is 153 Å². The summed E-state index contributed by atoms with van der Waals surface area (Å²) < 4.78 is 5.10. The maximum absolute atomic E-state index is 12.3. The lowest BCUT2D eigenvalue weighted by Crippen LogP contribution is -2.29. The Hall–Kier alpha value is -3.02. The van der Waals surface area contributed by atoms with Gasteiger partial charge in [-0.15, -0.1) is 0 Å². The number of carbonyl (C=O) groups is 2. The number of benzene rings is 2. The molecule has 2 rings (SSSR count). The first-order valence-corrected chi connectivity index (χ1v) is 8.54. The number of hydrogen-bond acceptors (Lipinski definition) is 4. The van der Waals surface area contributed by atoms with Gasteiger partial charge in [0.15, 0.2) is 0 Å². The number of para-hydroxylation sites is 1. The molecule has 6 nitrogen and oxygen atoms in total. The van der Waals surface area contributed by atoms with Gasteiger partial charge in [0.25, 0.3) is 5.91 Å². The van der Waals surface area contributed by atoms with Crippen LogP contribution in [0.2, 0.25) is 0 Å². The molecule has 0 saturated heterocycles. The minimum atomic E-state index is -0.232. The Morgan fingerprint density at radius 3 is 2.38 bits per heavy atom. The van der Waals surface area contributed by atoms with Crippen LogP contribution in [0.4, 0.5) is 11.4 Å². The Morgan fingerprint density at radius 2 is 1.73 bits per heavy atom. The van der Waals surface area contributed by atoms with Gasteiger partial charge in [-0.3, -0.25) is 9.59 Å². The average Bonchev–Trinajstić information content (AvgIpc) is 2.65. The highest BCUT2D eigenvalue weighted by Crippen LogP contribution is 2.16. The van der Waals surface area contributed by atoms with Gasteiger partial charge in [-0.05, 0) is 42.3 Å².